The third-order valence-electron chi connectivity index (χ3n) is 4.28. The molecule has 8 heteroatoms. The van der Waals surface area contributed by atoms with Gasteiger partial charge in [-0.15, -0.1) is 0 Å². The minimum absolute atomic E-state index is 0.195. The van der Waals surface area contributed by atoms with Crippen LogP contribution in [0.5, 0.6) is 0 Å². The molecule has 0 aromatic heterocycles. The lowest BCUT2D eigenvalue weighted by molar-refractivity contribution is 0.0697. The van der Waals surface area contributed by atoms with Crippen LogP contribution in [0.3, 0.4) is 0 Å². The van der Waals surface area contributed by atoms with Crippen molar-refractivity contribution < 1.29 is 17.6 Å². The van der Waals surface area contributed by atoms with E-state index in [1.807, 2.05) is 30.3 Å². The number of rotatable bonds is 4. The summed E-state index contributed by atoms with van der Waals surface area (Å²) in [4.78, 5) is 14.1. The Bertz CT molecular complexity index is 956. The number of hydrogen-bond acceptors (Lipinski definition) is 3. The van der Waals surface area contributed by atoms with Crippen LogP contribution in [0.2, 0.25) is 0 Å². The quantitative estimate of drug-likeness (QED) is 0.714. The van der Waals surface area contributed by atoms with E-state index in [1.165, 1.54) is 32.8 Å². The summed E-state index contributed by atoms with van der Waals surface area (Å²) in [7, 11) is -3.56. The molecule has 142 valence electrons. The second-order valence-electron chi connectivity index (χ2n) is 6.07. The fourth-order valence-electron chi connectivity index (χ4n) is 2.79. The van der Waals surface area contributed by atoms with Gasteiger partial charge in [0, 0.05) is 36.1 Å². The summed E-state index contributed by atoms with van der Waals surface area (Å²) in [6.45, 7) is 0.890. The standard InChI is InChI=1S/C19H18BrFN2O3S/c20-18-7-6-16(21)14-17(18)19(24)22-9-11-23(12-10-22)27(25,26)13-8-15-4-2-1-3-5-15/h1-8,13-14H,9-12H2/b13-8+. The maximum Gasteiger partial charge on any atom is 0.255 e. The van der Waals surface area contributed by atoms with Crippen LogP contribution < -0.4 is 0 Å². The average molecular weight is 453 g/mol. The van der Waals surface area contributed by atoms with Crippen LogP contribution in [0.4, 0.5) is 4.39 Å². The first-order chi connectivity index (χ1) is 12.9. The highest BCUT2D eigenvalue weighted by atomic mass is 79.9. The lowest BCUT2D eigenvalue weighted by atomic mass is 10.2. The molecule has 27 heavy (non-hydrogen) atoms. The van der Waals surface area contributed by atoms with E-state index in [0.29, 0.717) is 4.47 Å². The zero-order valence-electron chi connectivity index (χ0n) is 14.4. The van der Waals surface area contributed by atoms with Crippen molar-refractivity contribution in [1.29, 1.82) is 0 Å². The molecule has 0 N–H and O–H groups in total. The molecule has 0 radical (unpaired) electrons. The number of hydrogen-bond donors (Lipinski definition) is 0. The van der Waals surface area contributed by atoms with Gasteiger partial charge in [-0.2, -0.15) is 4.31 Å². The van der Waals surface area contributed by atoms with Crippen LogP contribution in [0.1, 0.15) is 15.9 Å². The minimum Gasteiger partial charge on any atom is -0.336 e. The Morgan fingerprint density at radius 2 is 1.70 bits per heavy atom. The summed E-state index contributed by atoms with van der Waals surface area (Å²) in [5.74, 6) is -0.813. The molecule has 0 bridgehead atoms. The van der Waals surface area contributed by atoms with Crippen LogP contribution in [0, 0.1) is 5.82 Å². The molecule has 2 aromatic carbocycles. The number of piperazine rings is 1. The Morgan fingerprint density at radius 3 is 2.37 bits per heavy atom. The van der Waals surface area contributed by atoms with Crippen molar-refractivity contribution in [2.24, 2.45) is 0 Å². The molecule has 1 saturated heterocycles. The van der Waals surface area contributed by atoms with E-state index in [9.17, 15) is 17.6 Å². The van der Waals surface area contributed by atoms with Gasteiger partial charge >= 0.3 is 0 Å². The van der Waals surface area contributed by atoms with Crippen molar-refractivity contribution in [3.05, 3.63) is 75.4 Å². The first kappa shape index (κ1) is 19.7. The van der Waals surface area contributed by atoms with Crippen LogP contribution in [0.15, 0.2) is 58.4 Å². The summed E-state index contributed by atoms with van der Waals surface area (Å²) in [6, 6.07) is 13.1. The van der Waals surface area contributed by atoms with E-state index < -0.39 is 15.8 Å². The molecule has 2 aromatic rings. The Morgan fingerprint density at radius 1 is 1.04 bits per heavy atom. The van der Waals surface area contributed by atoms with E-state index in [-0.39, 0.29) is 37.6 Å². The predicted octanol–water partition coefficient (Wildman–Crippen LogP) is 3.35. The molecule has 1 aliphatic heterocycles. The van der Waals surface area contributed by atoms with Crippen molar-refractivity contribution in [2.75, 3.05) is 26.2 Å². The third-order valence-corrected chi connectivity index (χ3v) is 6.53. The van der Waals surface area contributed by atoms with Crippen molar-refractivity contribution in [3.63, 3.8) is 0 Å². The Kier molecular flexibility index (Phi) is 6.08. The lowest BCUT2D eigenvalue weighted by Crippen LogP contribution is -2.50. The number of amides is 1. The van der Waals surface area contributed by atoms with E-state index in [1.54, 1.807) is 6.08 Å². The topological polar surface area (TPSA) is 57.7 Å². The van der Waals surface area contributed by atoms with Crippen LogP contribution in [-0.2, 0) is 10.0 Å². The van der Waals surface area contributed by atoms with Gasteiger partial charge in [-0.1, -0.05) is 30.3 Å². The molecule has 0 unspecified atom stereocenters. The summed E-state index contributed by atoms with van der Waals surface area (Å²) < 4.78 is 40.2. The lowest BCUT2D eigenvalue weighted by Gasteiger charge is -2.33. The van der Waals surface area contributed by atoms with Gasteiger partial charge < -0.3 is 4.90 Å². The smallest absolute Gasteiger partial charge is 0.255 e. The normalized spacial score (nSPS) is 16.0. The molecule has 1 amide bonds. The van der Waals surface area contributed by atoms with Gasteiger partial charge in [0.15, 0.2) is 0 Å². The number of halogens is 2. The molecule has 1 fully saturated rings. The number of carbonyl (C=O) groups is 1. The van der Waals surface area contributed by atoms with Crippen molar-refractivity contribution in [3.8, 4) is 0 Å². The molecule has 0 saturated carbocycles. The maximum atomic E-state index is 13.4. The fraction of sp³-hybridized carbons (Fsp3) is 0.211. The van der Waals surface area contributed by atoms with E-state index in [4.69, 9.17) is 0 Å². The van der Waals surface area contributed by atoms with Gasteiger partial charge in [0.1, 0.15) is 5.82 Å². The molecule has 0 aliphatic carbocycles. The van der Waals surface area contributed by atoms with E-state index >= 15 is 0 Å². The summed E-state index contributed by atoms with van der Waals surface area (Å²) in [6.07, 6.45) is 1.55. The number of nitrogens with zero attached hydrogens (tertiary/aromatic N) is 2. The molecule has 3 rings (SSSR count). The van der Waals surface area contributed by atoms with E-state index in [0.717, 1.165) is 5.56 Å². The molecular formula is C19H18BrFN2O3S. The molecular weight excluding hydrogens is 435 g/mol. The number of benzene rings is 2. The molecule has 5 nitrogen and oxygen atoms in total. The predicted molar refractivity (Wildman–Crippen MR) is 106 cm³/mol. The zero-order chi connectivity index (χ0) is 19.4. The first-order valence-electron chi connectivity index (χ1n) is 8.34. The average Bonchev–Trinajstić information content (AvgIpc) is 2.69. The summed E-state index contributed by atoms with van der Waals surface area (Å²) in [5, 5.41) is 1.18. The SMILES string of the molecule is O=C(c1cc(F)ccc1Br)N1CCN(S(=O)(=O)/C=C/c2ccccc2)CC1. The largest absolute Gasteiger partial charge is 0.336 e. The molecule has 1 aliphatic rings. The monoisotopic (exact) mass is 452 g/mol. The molecule has 0 atom stereocenters. The highest BCUT2D eigenvalue weighted by Crippen LogP contribution is 2.21. The highest BCUT2D eigenvalue weighted by molar-refractivity contribution is 9.10. The van der Waals surface area contributed by atoms with Crippen LogP contribution >= 0.6 is 15.9 Å². The third kappa shape index (κ3) is 4.82. The number of carbonyl (C=O) groups excluding carboxylic acids is 1. The van der Waals surface area contributed by atoms with Crippen molar-refractivity contribution in [1.82, 2.24) is 9.21 Å². The zero-order valence-corrected chi connectivity index (χ0v) is 16.8. The van der Waals surface area contributed by atoms with Crippen LogP contribution in [0.25, 0.3) is 6.08 Å². The Labute approximate surface area is 166 Å². The number of sulfonamides is 1. The highest BCUT2D eigenvalue weighted by Gasteiger charge is 2.28. The maximum absolute atomic E-state index is 13.4. The van der Waals surface area contributed by atoms with Gasteiger partial charge in [0.2, 0.25) is 10.0 Å². The van der Waals surface area contributed by atoms with Gasteiger partial charge in [0.05, 0.1) is 5.56 Å². The van der Waals surface area contributed by atoms with Crippen LogP contribution in [-0.4, -0.2) is 49.7 Å². The Balaban J connectivity index is 1.65. The van der Waals surface area contributed by atoms with Gasteiger partial charge in [0.25, 0.3) is 5.91 Å². The van der Waals surface area contributed by atoms with Crippen molar-refractivity contribution >= 4 is 37.9 Å². The summed E-state index contributed by atoms with van der Waals surface area (Å²) in [5.41, 5.74) is 1.03. The second kappa shape index (κ2) is 8.33. The van der Waals surface area contributed by atoms with Crippen molar-refractivity contribution in [2.45, 2.75) is 0 Å². The van der Waals surface area contributed by atoms with E-state index in [2.05, 4.69) is 15.9 Å². The minimum atomic E-state index is -3.56. The summed E-state index contributed by atoms with van der Waals surface area (Å²) >= 11 is 3.25. The second-order valence-corrected chi connectivity index (χ2v) is 8.75. The molecule has 0 spiro atoms. The van der Waals surface area contributed by atoms with Gasteiger partial charge in [-0.05, 0) is 45.8 Å². The fourth-order valence-corrected chi connectivity index (χ4v) is 4.38. The van der Waals surface area contributed by atoms with Gasteiger partial charge in [-0.25, -0.2) is 12.8 Å². The first-order valence-corrected chi connectivity index (χ1v) is 10.6. The molecule has 1 heterocycles. The Hall–Kier alpha value is -2.03. The van der Waals surface area contributed by atoms with Gasteiger partial charge in [-0.3, -0.25) is 4.79 Å².